The van der Waals surface area contributed by atoms with E-state index in [4.69, 9.17) is 4.98 Å². The monoisotopic (exact) mass is 366 g/mol. The SMILES string of the molecule is CCS(=O)CCCCCn1cnc(-c2ccccc2)c1-c1ccccc1. The Morgan fingerprint density at radius 2 is 1.54 bits per heavy atom. The van der Waals surface area contributed by atoms with Crippen molar-refractivity contribution in [2.24, 2.45) is 0 Å². The van der Waals surface area contributed by atoms with Crippen LogP contribution in [0.5, 0.6) is 0 Å². The molecule has 1 aromatic heterocycles. The Bertz CT molecular complexity index is 828. The highest BCUT2D eigenvalue weighted by Gasteiger charge is 2.14. The molecular formula is C22H26N2OS. The molecule has 3 aromatic rings. The number of nitrogens with zero attached hydrogens (tertiary/aromatic N) is 2. The molecule has 3 rings (SSSR count). The maximum Gasteiger partial charge on any atom is 0.0963 e. The number of hydrogen-bond acceptors (Lipinski definition) is 2. The summed E-state index contributed by atoms with van der Waals surface area (Å²) in [4.78, 5) is 4.72. The first kappa shape index (κ1) is 18.6. The second-order valence-electron chi connectivity index (χ2n) is 6.36. The topological polar surface area (TPSA) is 34.9 Å². The van der Waals surface area contributed by atoms with Crippen LogP contribution in [-0.2, 0) is 17.3 Å². The second-order valence-corrected chi connectivity index (χ2v) is 8.23. The first-order chi connectivity index (χ1) is 12.8. The molecule has 0 bridgehead atoms. The van der Waals surface area contributed by atoms with Gasteiger partial charge in [0.25, 0.3) is 0 Å². The molecular weight excluding hydrogens is 340 g/mol. The van der Waals surface area contributed by atoms with Crippen LogP contribution in [0.1, 0.15) is 26.2 Å². The van der Waals surface area contributed by atoms with E-state index in [1.165, 1.54) is 11.3 Å². The van der Waals surface area contributed by atoms with Gasteiger partial charge in [0, 0.05) is 40.0 Å². The zero-order valence-electron chi connectivity index (χ0n) is 15.3. The molecule has 0 N–H and O–H groups in total. The number of aryl methyl sites for hydroxylation is 1. The maximum absolute atomic E-state index is 11.5. The van der Waals surface area contributed by atoms with Crippen molar-refractivity contribution in [2.75, 3.05) is 11.5 Å². The molecule has 0 spiro atoms. The summed E-state index contributed by atoms with van der Waals surface area (Å²) < 4.78 is 13.8. The molecule has 0 saturated carbocycles. The summed E-state index contributed by atoms with van der Waals surface area (Å²) in [6.07, 6.45) is 5.15. The van der Waals surface area contributed by atoms with Gasteiger partial charge in [-0.25, -0.2) is 4.98 Å². The van der Waals surface area contributed by atoms with Gasteiger partial charge in [0.1, 0.15) is 0 Å². The lowest BCUT2D eigenvalue weighted by Crippen LogP contribution is -2.02. The molecule has 0 fully saturated rings. The molecule has 26 heavy (non-hydrogen) atoms. The molecule has 0 amide bonds. The van der Waals surface area contributed by atoms with Crippen molar-refractivity contribution < 1.29 is 4.21 Å². The van der Waals surface area contributed by atoms with Crippen LogP contribution < -0.4 is 0 Å². The fraction of sp³-hybridized carbons (Fsp3) is 0.318. The van der Waals surface area contributed by atoms with Crippen LogP contribution >= 0.6 is 0 Å². The number of rotatable bonds is 9. The average Bonchev–Trinajstić information content (AvgIpc) is 3.12. The zero-order valence-corrected chi connectivity index (χ0v) is 16.1. The van der Waals surface area contributed by atoms with Crippen LogP contribution in [0.4, 0.5) is 0 Å². The maximum atomic E-state index is 11.5. The Hall–Kier alpha value is -2.20. The van der Waals surface area contributed by atoms with Crippen molar-refractivity contribution in [1.82, 2.24) is 9.55 Å². The highest BCUT2D eigenvalue weighted by atomic mass is 32.2. The molecule has 1 atom stereocenters. The van der Waals surface area contributed by atoms with Gasteiger partial charge in [-0.3, -0.25) is 4.21 Å². The minimum Gasteiger partial charge on any atom is -0.330 e. The average molecular weight is 367 g/mol. The van der Waals surface area contributed by atoms with Crippen LogP contribution in [0.3, 0.4) is 0 Å². The van der Waals surface area contributed by atoms with E-state index in [0.29, 0.717) is 0 Å². The molecule has 1 heterocycles. The molecule has 0 aliphatic carbocycles. The number of aromatic nitrogens is 2. The quantitative estimate of drug-likeness (QED) is 0.491. The van der Waals surface area contributed by atoms with Crippen molar-refractivity contribution in [2.45, 2.75) is 32.7 Å². The third-order valence-corrected chi connectivity index (χ3v) is 5.91. The molecule has 3 nitrogen and oxygen atoms in total. The summed E-state index contributed by atoms with van der Waals surface area (Å²) >= 11 is 0. The lowest BCUT2D eigenvalue weighted by atomic mass is 10.0. The minimum atomic E-state index is -0.649. The number of unbranched alkanes of at least 4 members (excludes halogenated alkanes) is 2. The van der Waals surface area contributed by atoms with Crippen molar-refractivity contribution in [3.63, 3.8) is 0 Å². The third-order valence-electron chi connectivity index (χ3n) is 4.53. The zero-order chi connectivity index (χ0) is 18.2. The molecule has 0 aliphatic heterocycles. The van der Waals surface area contributed by atoms with E-state index in [-0.39, 0.29) is 0 Å². The van der Waals surface area contributed by atoms with Gasteiger partial charge in [0.05, 0.1) is 17.7 Å². The number of benzene rings is 2. The summed E-state index contributed by atoms with van der Waals surface area (Å²) in [6, 6.07) is 20.8. The molecule has 0 aliphatic rings. The molecule has 4 heteroatoms. The fourth-order valence-corrected chi connectivity index (χ4v) is 3.94. The van der Waals surface area contributed by atoms with Gasteiger partial charge < -0.3 is 4.57 Å². The van der Waals surface area contributed by atoms with Gasteiger partial charge in [-0.2, -0.15) is 0 Å². The molecule has 136 valence electrons. The summed E-state index contributed by atoms with van der Waals surface area (Å²) in [5.41, 5.74) is 4.54. The Kier molecular flexibility index (Phi) is 6.78. The summed E-state index contributed by atoms with van der Waals surface area (Å²) in [5.74, 6) is 1.58. The Morgan fingerprint density at radius 3 is 2.19 bits per heavy atom. The van der Waals surface area contributed by atoms with Crippen LogP contribution in [0.15, 0.2) is 67.0 Å². The van der Waals surface area contributed by atoms with E-state index in [1.807, 2.05) is 25.4 Å². The van der Waals surface area contributed by atoms with Gasteiger partial charge in [0.15, 0.2) is 0 Å². The predicted octanol–water partition coefficient (Wildman–Crippen LogP) is 5.16. The van der Waals surface area contributed by atoms with Gasteiger partial charge in [-0.1, -0.05) is 74.0 Å². The minimum absolute atomic E-state index is 0.649. The largest absolute Gasteiger partial charge is 0.330 e. The lowest BCUT2D eigenvalue weighted by molar-refractivity contribution is 0.604. The van der Waals surface area contributed by atoms with Crippen LogP contribution in [0.2, 0.25) is 0 Å². The van der Waals surface area contributed by atoms with Gasteiger partial charge in [-0.15, -0.1) is 0 Å². The Labute approximate surface area is 158 Å². The smallest absolute Gasteiger partial charge is 0.0963 e. The number of imidazole rings is 1. The van der Waals surface area contributed by atoms with Crippen molar-refractivity contribution in [3.8, 4) is 22.5 Å². The first-order valence-electron chi connectivity index (χ1n) is 9.30. The van der Waals surface area contributed by atoms with E-state index in [0.717, 1.165) is 48.6 Å². The number of hydrogen-bond donors (Lipinski definition) is 0. The molecule has 1 unspecified atom stereocenters. The first-order valence-corrected chi connectivity index (χ1v) is 10.8. The van der Waals surface area contributed by atoms with E-state index in [9.17, 15) is 4.21 Å². The molecule has 0 radical (unpaired) electrons. The fourth-order valence-electron chi connectivity index (χ4n) is 3.12. The summed E-state index contributed by atoms with van der Waals surface area (Å²) in [7, 11) is -0.649. The van der Waals surface area contributed by atoms with Crippen LogP contribution in [-0.4, -0.2) is 25.3 Å². The van der Waals surface area contributed by atoms with E-state index < -0.39 is 10.8 Å². The van der Waals surface area contributed by atoms with Crippen molar-refractivity contribution in [1.29, 1.82) is 0 Å². The van der Waals surface area contributed by atoms with Crippen molar-refractivity contribution in [3.05, 3.63) is 67.0 Å². The van der Waals surface area contributed by atoms with E-state index in [1.54, 1.807) is 0 Å². The summed E-state index contributed by atoms with van der Waals surface area (Å²) in [5, 5.41) is 0. The highest BCUT2D eigenvalue weighted by Crippen LogP contribution is 2.31. The molecule has 0 saturated heterocycles. The Morgan fingerprint density at radius 1 is 0.885 bits per heavy atom. The lowest BCUT2D eigenvalue weighted by Gasteiger charge is -2.11. The summed E-state index contributed by atoms with van der Waals surface area (Å²) in [6.45, 7) is 2.92. The van der Waals surface area contributed by atoms with Gasteiger partial charge >= 0.3 is 0 Å². The van der Waals surface area contributed by atoms with Gasteiger partial charge in [0.2, 0.25) is 0 Å². The molecule has 2 aromatic carbocycles. The Balaban J connectivity index is 1.78. The van der Waals surface area contributed by atoms with Crippen molar-refractivity contribution >= 4 is 10.8 Å². The highest BCUT2D eigenvalue weighted by molar-refractivity contribution is 7.84. The van der Waals surface area contributed by atoms with Crippen LogP contribution in [0.25, 0.3) is 22.5 Å². The second kappa shape index (κ2) is 9.48. The third kappa shape index (κ3) is 4.70. The van der Waals surface area contributed by atoms with E-state index in [2.05, 4.69) is 53.1 Å². The standard InChI is InChI=1S/C22H26N2OS/c1-2-26(25)17-11-5-10-16-24-18-23-21(19-12-6-3-7-13-19)22(24)20-14-8-4-9-15-20/h3-4,6-9,12-15,18H,2,5,10-11,16-17H2,1H3. The van der Waals surface area contributed by atoms with Crippen LogP contribution in [0, 0.1) is 0 Å². The van der Waals surface area contributed by atoms with E-state index >= 15 is 0 Å². The normalized spacial score (nSPS) is 12.2. The van der Waals surface area contributed by atoms with Gasteiger partial charge in [-0.05, 0) is 12.8 Å². The predicted molar refractivity (Wildman–Crippen MR) is 111 cm³/mol.